The molecule has 0 radical (unpaired) electrons. The van der Waals surface area contributed by atoms with Crippen molar-refractivity contribution in [1.82, 2.24) is 4.72 Å². The van der Waals surface area contributed by atoms with Crippen molar-refractivity contribution in [3.63, 3.8) is 0 Å². The molecule has 0 amide bonds. The Hall–Kier alpha value is -0.910. The molecule has 0 fully saturated rings. The summed E-state index contributed by atoms with van der Waals surface area (Å²) in [5.74, 6) is 0. The number of hydrogen-bond acceptors (Lipinski definition) is 2. The van der Waals surface area contributed by atoms with Gasteiger partial charge in [-0.3, -0.25) is 0 Å². The Balaban J connectivity index is 2.50. The summed E-state index contributed by atoms with van der Waals surface area (Å²) in [6.07, 6.45) is 3.37. The molecule has 0 aliphatic rings. The Kier molecular flexibility index (Phi) is 5.61. The molecule has 1 rings (SSSR count). The van der Waals surface area contributed by atoms with Crippen LogP contribution in [0, 0.1) is 0 Å². The fraction of sp³-hybridized carbons (Fsp3) is 0.500. The van der Waals surface area contributed by atoms with Crippen LogP contribution < -0.4 is 9.86 Å². The van der Waals surface area contributed by atoms with Gasteiger partial charge in [-0.05, 0) is 24.8 Å². The molecule has 0 spiro atoms. The van der Waals surface area contributed by atoms with Crippen molar-refractivity contribution in [2.24, 2.45) is 5.14 Å². The van der Waals surface area contributed by atoms with E-state index in [-0.39, 0.29) is 6.04 Å². The van der Waals surface area contributed by atoms with Crippen LogP contribution in [-0.2, 0) is 16.6 Å². The van der Waals surface area contributed by atoms with E-state index in [2.05, 4.69) is 4.72 Å². The average molecular weight is 256 g/mol. The second kappa shape index (κ2) is 6.74. The zero-order chi connectivity index (χ0) is 12.7. The Labute approximate surface area is 103 Å². The summed E-state index contributed by atoms with van der Waals surface area (Å²) >= 11 is 0. The number of rotatable bonds is 7. The Bertz CT molecular complexity index is 417. The van der Waals surface area contributed by atoms with E-state index in [4.69, 9.17) is 5.14 Å². The molecule has 0 aliphatic heterocycles. The average Bonchev–Trinajstić information content (AvgIpc) is 2.26. The van der Waals surface area contributed by atoms with Crippen LogP contribution in [0.15, 0.2) is 30.3 Å². The first-order valence-corrected chi connectivity index (χ1v) is 7.40. The lowest BCUT2D eigenvalue weighted by Gasteiger charge is -2.16. The fourth-order valence-electron chi connectivity index (χ4n) is 1.83. The Morgan fingerprint density at radius 3 is 2.41 bits per heavy atom. The molecule has 1 aromatic rings. The molecule has 0 saturated heterocycles. The summed E-state index contributed by atoms with van der Waals surface area (Å²) in [4.78, 5) is 0. The summed E-state index contributed by atoms with van der Waals surface area (Å²) in [6, 6.07) is 9.94. The molecular formula is C12H20N2O2S. The van der Waals surface area contributed by atoms with Gasteiger partial charge >= 0.3 is 0 Å². The molecule has 0 aromatic heterocycles. The summed E-state index contributed by atoms with van der Waals surface area (Å²) in [5.41, 5.74) is 1.21. The van der Waals surface area contributed by atoms with Gasteiger partial charge in [-0.2, -0.15) is 13.1 Å². The van der Waals surface area contributed by atoms with Gasteiger partial charge in [-0.15, -0.1) is 0 Å². The van der Waals surface area contributed by atoms with Crippen LogP contribution in [0.4, 0.5) is 0 Å². The largest absolute Gasteiger partial charge is 0.274 e. The van der Waals surface area contributed by atoms with Crippen LogP contribution in [0.5, 0.6) is 0 Å². The molecule has 0 aliphatic carbocycles. The number of hydrogen-bond donors (Lipinski definition) is 2. The van der Waals surface area contributed by atoms with E-state index in [1.54, 1.807) is 0 Å². The highest BCUT2D eigenvalue weighted by molar-refractivity contribution is 7.87. The third kappa shape index (κ3) is 6.41. The molecular weight excluding hydrogens is 236 g/mol. The minimum absolute atomic E-state index is 0.0739. The van der Waals surface area contributed by atoms with Gasteiger partial charge in [0.05, 0.1) is 0 Å². The highest BCUT2D eigenvalue weighted by Gasteiger charge is 2.13. The number of aryl methyl sites for hydroxylation is 1. The first-order valence-electron chi connectivity index (χ1n) is 5.85. The third-order valence-electron chi connectivity index (χ3n) is 2.59. The zero-order valence-electron chi connectivity index (χ0n) is 10.1. The monoisotopic (exact) mass is 256 g/mol. The minimum Gasteiger partial charge on any atom is -0.216 e. The van der Waals surface area contributed by atoms with Crippen molar-refractivity contribution in [2.75, 3.05) is 0 Å². The van der Waals surface area contributed by atoms with Crippen molar-refractivity contribution >= 4 is 10.2 Å². The second-order valence-electron chi connectivity index (χ2n) is 4.17. The summed E-state index contributed by atoms with van der Waals surface area (Å²) in [7, 11) is -3.60. The van der Waals surface area contributed by atoms with E-state index >= 15 is 0 Å². The van der Waals surface area contributed by atoms with Gasteiger partial charge in [-0.25, -0.2) is 5.14 Å². The molecule has 4 nitrogen and oxygen atoms in total. The van der Waals surface area contributed by atoms with Gasteiger partial charge in [-0.1, -0.05) is 43.7 Å². The molecule has 17 heavy (non-hydrogen) atoms. The third-order valence-corrected chi connectivity index (χ3v) is 3.25. The Morgan fingerprint density at radius 1 is 1.24 bits per heavy atom. The normalized spacial score (nSPS) is 13.5. The van der Waals surface area contributed by atoms with Crippen molar-refractivity contribution in [3.8, 4) is 0 Å². The molecule has 0 saturated carbocycles. The quantitative estimate of drug-likeness (QED) is 0.777. The molecule has 3 N–H and O–H groups in total. The van der Waals surface area contributed by atoms with Crippen LogP contribution in [-0.4, -0.2) is 14.5 Å². The predicted molar refractivity (Wildman–Crippen MR) is 69.7 cm³/mol. The summed E-state index contributed by atoms with van der Waals surface area (Å²) < 4.78 is 24.5. The van der Waals surface area contributed by atoms with E-state index in [0.717, 1.165) is 25.7 Å². The highest BCUT2D eigenvalue weighted by atomic mass is 32.2. The van der Waals surface area contributed by atoms with E-state index in [0.29, 0.717) is 0 Å². The van der Waals surface area contributed by atoms with Crippen LogP contribution in [0.1, 0.15) is 31.7 Å². The van der Waals surface area contributed by atoms with Crippen LogP contribution >= 0.6 is 0 Å². The molecule has 0 unspecified atom stereocenters. The SMILES string of the molecule is CCC[C@H](CCc1ccccc1)NS(N)(=O)=O. The predicted octanol–water partition coefficient (Wildman–Crippen LogP) is 1.58. The van der Waals surface area contributed by atoms with Gasteiger partial charge in [0, 0.05) is 6.04 Å². The van der Waals surface area contributed by atoms with Crippen molar-refractivity contribution in [1.29, 1.82) is 0 Å². The second-order valence-corrected chi connectivity index (χ2v) is 5.50. The van der Waals surface area contributed by atoms with Gasteiger partial charge in [0.2, 0.25) is 0 Å². The van der Waals surface area contributed by atoms with Gasteiger partial charge in [0.25, 0.3) is 10.2 Å². The molecule has 1 aromatic carbocycles. The number of benzene rings is 1. The topological polar surface area (TPSA) is 72.2 Å². The zero-order valence-corrected chi connectivity index (χ0v) is 10.9. The summed E-state index contributed by atoms with van der Waals surface area (Å²) in [6.45, 7) is 2.03. The van der Waals surface area contributed by atoms with Gasteiger partial charge in [0.1, 0.15) is 0 Å². The standard InChI is InChI=1S/C12H20N2O2S/c1-2-6-12(14-17(13,15)16)10-9-11-7-4-3-5-8-11/h3-5,7-8,12,14H,2,6,9-10H2,1H3,(H2,13,15,16)/t12-/m1/s1. The lowest BCUT2D eigenvalue weighted by molar-refractivity contribution is 0.499. The van der Waals surface area contributed by atoms with E-state index in [1.807, 2.05) is 37.3 Å². The number of nitrogens with two attached hydrogens (primary N) is 1. The maximum absolute atomic E-state index is 11.0. The molecule has 5 heteroatoms. The van der Waals surface area contributed by atoms with Crippen molar-refractivity contribution in [2.45, 2.75) is 38.6 Å². The molecule has 96 valence electrons. The maximum Gasteiger partial charge on any atom is 0.274 e. The van der Waals surface area contributed by atoms with E-state index in [9.17, 15) is 8.42 Å². The first kappa shape index (κ1) is 14.2. The first-order chi connectivity index (χ1) is 8.01. The smallest absolute Gasteiger partial charge is 0.216 e. The molecule has 1 atom stereocenters. The fourth-order valence-corrected chi connectivity index (χ4v) is 2.53. The highest BCUT2D eigenvalue weighted by Crippen LogP contribution is 2.09. The van der Waals surface area contributed by atoms with Crippen LogP contribution in [0.2, 0.25) is 0 Å². The van der Waals surface area contributed by atoms with Crippen molar-refractivity contribution < 1.29 is 8.42 Å². The Morgan fingerprint density at radius 2 is 1.88 bits per heavy atom. The molecule has 0 bridgehead atoms. The van der Waals surface area contributed by atoms with Crippen molar-refractivity contribution in [3.05, 3.63) is 35.9 Å². The van der Waals surface area contributed by atoms with E-state index < -0.39 is 10.2 Å². The lowest BCUT2D eigenvalue weighted by atomic mass is 10.0. The van der Waals surface area contributed by atoms with Gasteiger partial charge < -0.3 is 0 Å². The van der Waals surface area contributed by atoms with E-state index in [1.165, 1.54) is 5.56 Å². The molecule has 0 heterocycles. The minimum atomic E-state index is -3.60. The number of nitrogens with one attached hydrogen (secondary N) is 1. The summed E-state index contributed by atoms with van der Waals surface area (Å²) in [5, 5.41) is 5.00. The maximum atomic E-state index is 11.0. The lowest BCUT2D eigenvalue weighted by Crippen LogP contribution is -2.39. The van der Waals surface area contributed by atoms with Crippen LogP contribution in [0.3, 0.4) is 0 Å². The van der Waals surface area contributed by atoms with Gasteiger partial charge in [0.15, 0.2) is 0 Å². The van der Waals surface area contributed by atoms with Crippen LogP contribution in [0.25, 0.3) is 0 Å².